The largest absolute Gasteiger partial charge is 0.389 e. The maximum Gasteiger partial charge on any atom is 0.317 e. The number of nitrogens with zero attached hydrogens (tertiary/aromatic N) is 1. The molecule has 0 saturated carbocycles. The van der Waals surface area contributed by atoms with Gasteiger partial charge in [-0.3, -0.25) is 9.59 Å². The van der Waals surface area contributed by atoms with E-state index in [2.05, 4.69) is 24.5 Å². The fraction of sp³-hybridized carbons (Fsp3) is 0.667. The van der Waals surface area contributed by atoms with Gasteiger partial charge in [0.1, 0.15) is 0 Å². The lowest BCUT2D eigenvalue weighted by Gasteiger charge is -2.34. The van der Waals surface area contributed by atoms with Gasteiger partial charge in [-0.15, -0.1) is 0 Å². The highest BCUT2D eigenvalue weighted by molar-refractivity contribution is 5.89. The maximum absolute atomic E-state index is 13.1. The zero-order valence-electron chi connectivity index (χ0n) is 22.7. The first-order valence-corrected chi connectivity index (χ1v) is 12.4. The first-order chi connectivity index (χ1) is 16.0. The molecular formula is C27H46N4O4. The van der Waals surface area contributed by atoms with Crippen molar-refractivity contribution < 1.29 is 19.5 Å². The molecule has 198 valence electrons. The number of aliphatic hydroxyl groups excluding tert-OH is 1. The molecule has 4 amide bonds. The molecule has 0 aliphatic rings. The van der Waals surface area contributed by atoms with Gasteiger partial charge in [-0.05, 0) is 45.1 Å². The van der Waals surface area contributed by atoms with E-state index in [1.165, 1.54) is 0 Å². The fourth-order valence-corrected chi connectivity index (χ4v) is 3.44. The summed E-state index contributed by atoms with van der Waals surface area (Å²) in [4.78, 5) is 39.6. The SMILES string of the molecule is CC(C)CCN(C[C@@H](O)[C@H](Cc1ccccc1)NC(=O)[C@H](C)C(C)(C)C(N)=O)C(=O)NC(C)(C)C. The quantitative estimate of drug-likeness (QED) is 0.359. The standard InChI is InChI=1S/C27H46N4O4/c1-18(2)14-15-31(25(35)30-26(4,5)6)17-22(32)21(16-20-12-10-9-11-13-20)29-23(33)19(3)27(7,8)24(28)34/h9-13,18-19,21-22,32H,14-17H2,1-8H3,(H2,28,34)(H,29,33)(H,30,35)/t19-,21-,22+/m0/s1. The van der Waals surface area contributed by atoms with Gasteiger partial charge in [-0.2, -0.15) is 0 Å². The summed E-state index contributed by atoms with van der Waals surface area (Å²) in [5, 5.41) is 17.2. The number of hydrogen-bond donors (Lipinski definition) is 4. The third kappa shape index (κ3) is 10.3. The molecule has 1 aromatic rings. The van der Waals surface area contributed by atoms with Crippen LogP contribution in [0.1, 0.15) is 67.4 Å². The maximum atomic E-state index is 13.1. The van der Waals surface area contributed by atoms with Gasteiger partial charge in [0.15, 0.2) is 0 Å². The van der Waals surface area contributed by atoms with Gasteiger partial charge >= 0.3 is 6.03 Å². The van der Waals surface area contributed by atoms with Crippen LogP contribution in [0.25, 0.3) is 0 Å². The van der Waals surface area contributed by atoms with Gasteiger partial charge in [0.25, 0.3) is 0 Å². The summed E-state index contributed by atoms with van der Waals surface area (Å²) in [5.74, 6) is -1.26. The molecule has 0 saturated heterocycles. The highest BCUT2D eigenvalue weighted by atomic mass is 16.3. The van der Waals surface area contributed by atoms with Crippen LogP contribution in [0.15, 0.2) is 30.3 Å². The zero-order valence-corrected chi connectivity index (χ0v) is 22.7. The van der Waals surface area contributed by atoms with E-state index in [9.17, 15) is 19.5 Å². The molecule has 0 spiro atoms. The minimum absolute atomic E-state index is 0.0556. The Balaban J connectivity index is 3.15. The van der Waals surface area contributed by atoms with Gasteiger partial charge in [0.05, 0.1) is 24.1 Å². The van der Waals surface area contributed by atoms with Crippen molar-refractivity contribution in [2.45, 2.75) is 85.9 Å². The van der Waals surface area contributed by atoms with E-state index in [1.54, 1.807) is 25.7 Å². The third-order valence-corrected chi connectivity index (χ3v) is 6.35. The van der Waals surface area contributed by atoms with Crippen LogP contribution in [0.2, 0.25) is 0 Å². The lowest BCUT2D eigenvalue weighted by atomic mass is 9.78. The van der Waals surface area contributed by atoms with Crippen molar-refractivity contribution in [3.8, 4) is 0 Å². The highest BCUT2D eigenvalue weighted by Gasteiger charge is 2.38. The number of aliphatic hydroxyl groups is 1. The molecule has 0 fully saturated rings. The highest BCUT2D eigenvalue weighted by Crippen LogP contribution is 2.26. The Bertz CT molecular complexity index is 833. The van der Waals surface area contributed by atoms with Crippen molar-refractivity contribution >= 4 is 17.8 Å². The predicted molar refractivity (Wildman–Crippen MR) is 140 cm³/mol. The van der Waals surface area contributed by atoms with E-state index in [4.69, 9.17) is 5.73 Å². The van der Waals surface area contributed by atoms with Gasteiger partial charge < -0.3 is 26.4 Å². The fourth-order valence-electron chi connectivity index (χ4n) is 3.44. The van der Waals surface area contributed by atoms with E-state index in [-0.39, 0.29) is 18.5 Å². The molecule has 1 aromatic carbocycles. The van der Waals surface area contributed by atoms with Crippen molar-refractivity contribution in [2.24, 2.45) is 23.0 Å². The Morgan fingerprint density at radius 3 is 2.09 bits per heavy atom. The molecule has 0 aliphatic carbocycles. The van der Waals surface area contributed by atoms with E-state index < -0.39 is 34.9 Å². The summed E-state index contributed by atoms with van der Waals surface area (Å²) < 4.78 is 0. The molecule has 0 aliphatic heterocycles. The number of benzene rings is 1. The number of carbonyl (C=O) groups excluding carboxylic acids is 3. The first kappa shape index (κ1) is 30.4. The molecule has 35 heavy (non-hydrogen) atoms. The molecule has 0 bridgehead atoms. The minimum atomic E-state index is -1.05. The average molecular weight is 491 g/mol. The number of primary amides is 1. The molecular weight excluding hydrogens is 444 g/mol. The lowest BCUT2D eigenvalue weighted by molar-refractivity contribution is -0.138. The second kappa shape index (κ2) is 12.9. The van der Waals surface area contributed by atoms with Crippen molar-refractivity contribution in [2.75, 3.05) is 13.1 Å². The van der Waals surface area contributed by atoms with Crippen molar-refractivity contribution in [1.29, 1.82) is 0 Å². The lowest BCUT2D eigenvalue weighted by Crippen LogP contribution is -2.56. The molecule has 0 heterocycles. The van der Waals surface area contributed by atoms with Crippen LogP contribution < -0.4 is 16.4 Å². The van der Waals surface area contributed by atoms with Crippen molar-refractivity contribution in [3.05, 3.63) is 35.9 Å². The smallest absolute Gasteiger partial charge is 0.317 e. The Morgan fingerprint density at radius 2 is 1.60 bits per heavy atom. The number of amides is 4. The second-order valence-corrected chi connectivity index (χ2v) is 11.5. The second-order valence-electron chi connectivity index (χ2n) is 11.5. The van der Waals surface area contributed by atoms with Gasteiger partial charge in [0, 0.05) is 18.0 Å². The summed E-state index contributed by atoms with van der Waals surface area (Å²) >= 11 is 0. The number of carbonyl (C=O) groups is 3. The van der Waals surface area contributed by atoms with Crippen LogP contribution in [0, 0.1) is 17.3 Å². The number of rotatable bonds is 12. The first-order valence-electron chi connectivity index (χ1n) is 12.4. The number of hydrogen-bond acceptors (Lipinski definition) is 4. The van der Waals surface area contributed by atoms with Gasteiger partial charge in [-0.25, -0.2) is 4.79 Å². The van der Waals surface area contributed by atoms with E-state index in [0.29, 0.717) is 18.9 Å². The van der Waals surface area contributed by atoms with Crippen LogP contribution >= 0.6 is 0 Å². The third-order valence-electron chi connectivity index (χ3n) is 6.35. The van der Waals surface area contributed by atoms with E-state index >= 15 is 0 Å². The molecule has 0 radical (unpaired) electrons. The zero-order chi connectivity index (χ0) is 27.0. The van der Waals surface area contributed by atoms with Crippen LogP contribution in [-0.4, -0.2) is 58.6 Å². The summed E-state index contributed by atoms with van der Waals surface area (Å²) in [6, 6.07) is 8.60. The Hall–Kier alpha value is -2.61. The van der Waals surface area contributed by atoms with E-state index in [0.717, 1.165) is 12.0 Å². The molecule has 0 aromatic heterocycles. The molecule has 0 unspecified atom stereocenters. The molecule has 1 rings (SSSR count). The number of nitrogens with two attached hydrogens (primary N) is 1. The Labute approximate surface area is 211 Å². The number of urea groups is 1. The minimum Gasteiger partial charge on any atom is -0.389 e. The van der Waals surface area contributed by atoms with E-state index in [1.807, 2.05) is 51.1 Å². The van der Waals surface area contributed by atoms with Gasteiger partial charge in [0.2, 0.25) is 11.8 Å². The predicted octanol–water partition coefficient (Wildman–Crippen LogP) is 3.08. The van der Waals surface area contributed by atoms with Crippen LogP contribution in [0.3, 0.4) is 0 Å². The normalized spacial score (nSPS) is 14.7. The average Bonchev–Trinajstić information content (AvgIpc) is 2.74. The topological polar surface area (TPSA) is 125 Å². The molecule has 8 nitrogen and oxygen atoms in total. The Morgan fingerprint density at radius 1 is 1.03 bits per heavy atom. The van der Waals surface area contributed by atoms with Crippen molar-refractivity contribution in [1.82, 2.24) is 15.5 Å². The summed E-state index contributed by atoms with van der Waals surface area (Å²) in [6.07, 6.45) is 0.126. The number of nitrogens with one attached hydrogen (secondary N) is 2. The van der Waals surface area contributed by atoms with Gasteiger partial charge in [-0.1, -0.05) is 65.0 Å². The summed E-state index contributed by atoms with van der Waals surface area (Å²) in [6.45, 7) is 15.3. The molecule has 3 atom stereocenters. The van der Waals surface area contributed by atoms with Crippen molar-refractivity contribution in [3.63, 3.8) is 0 Å². The molecule has 5 N–H and O–H groups in total. The summed E-state index contributed by atoms with van der Waals surface area (Å²) in [7, 11) is 0. The van der Waals surface area contributed by atoms with Crippen LogP contribution in [0.5, 0.6) is 0 Å². The Kier molecular flexibility index (Phi) is 11.2. The monoisotopic (exact) mass is 490 g/mol. The van der Waals surface area contributed by atoms with Crippen LogP contribution in [-0.2, 0) is 16.0 Å². The summed E-state index contributed by atoms with van der Waals surface area (Å²) in [5.41, 5.74) is 4.97. The van der Waals surface area contributed by atoms with Crippen LogP contribution in [0.4, 0.5) is 4.79 Å². The molecule has 8 heteroatoms.